The molecule has 0 saturated heterocycles. The van der Waals surface area contributed by atoms with Gasteiger partial charge in [-0.1, -0.05) is 24.3 Å². The fourth-order valence-corrected chi connectivity index (χ4v) is 6.53. The molecule has 2 aliphatic rings. The van der Waals surface area contributed by atoms with Crippen LogP contribution < -0.4 is 0 Å². The van der Waals surface area contributed by atoms with Gasteiger partial charge < -0.3 is 0 Å². The van der Waals surface area contributed by atoms with Crippen LogP contribution in [0, 0.1) is 94.0 Å². The van der Waals surface area contributed by atoms with E-state index in [2.05, 4.69) is 9.69 Å². The first-order valence-corrected chi connectivity index (χ1v) is 14.4. The number of nitrogens with zero attached hydrogens (tertiary/aromatic N) is 4. The predicted molar refractivity (Wildman–Crippen MR) is 164 cm³/mol. The summed E-state index contributed by atoms with van der Waals surface area (Å²) >= 11 is 0. The van der Waals surface area contributed by atoms with Crippen LogP contribution in [0.5, 0.6) is 0 Å². The third-order valence-corrected chi connectivity index (χ3v) is 8.76. The Bertz CT molecular complexity index is 2510. The summed E-state index contributed by atoms with van der Waals surface area (Å²) in [5.41, 5.74) is -3.60. The maximum absolute atomic E-state index is 14.8. The van der Waals surface area contributed by atoms with Crippen molar-refractivity contribution in [3.05, 3.63) is 163 Å². The molecule has 0 radical (unpaired) electrons. The van der Waals surface area contributed by atoms with Crippen molar-refractivity contribution in [1.82, 2.24) is 0 Å². The predicted octanol–water partition coefficient (Wildman–Crippen LogP) is 10.8. The summed E-state index contributed by atoms with van der Waals surface area (Å²) in [5.74, 6) is -22.0. The number of hydrogen-bond acceptors (Lipinski definition) is 2. The van der Waals surface area contributed by atoms with Crippen LogP contribution >= 0.6 is 0 Å². The van der Waals surface area contributed by atoms with E-state index in [9.17, 15) is 54.4 Å². The van der Waals surface area contributed by atoms with Crippen LogP contribution in [0.1, 0.15) is 22.3 Å². The monoisotopic (exact) mass is 710 g/mol. The van der Waals surface area contributed by atoms with E-state index in [0.717, 1.165) is 24.3 Å². The molecule has 0 unspecified atom stereocenters. The van der Waals surface area contributed by atoms with Crippen molar-refractivity contribution in [3.63, 3.8) is 0 Å². The van der Waals surface area contributed by atoms with Gasteiger partial charge in [-0.25, -0.2) is 64.1 Å². The van der Waals surface area contributed by atoms with Crippen LogP contribution in [0.2, 0.25) is 0 Å². The molecule has 5 aromatic rings. The Labute approximate surface area is 285 Å². The van der Waals surface area contributed by atoms with E-state index >= 15 is 0 Å². The Morgan fingerprint density at radius 3 is 0.981 bits per heavy atom. The molecule has 0 bridgehead atoms. The molecule has 52 heavy (non-hydrogen) atoms. The summed E-state index contributed by atoms with van der Waals surface area (Å²) in [6, 6.07) is 13.0. The molecule has 0 atom stereocenters. The normalized spacial score (nSPS) is 14.0. The molecular formula is C38H8F10N4. The van der Waals surface area contributed by atoms with Crippen molar-refractivity contribution in [2.24, 2.45) is 0 Å². The van der Waals surface area contributed by atoms with Crippen LogP contribution in [0.15, 0.2) is 59.9 Å². The SMILES string of the molecule is [C-]#[N+]C(C#N)=C1c2cc(-c3c(F)c(F)c(F)c(F)c3F)ccc2-c2cc3c(cc21)-c1ccc(-c2c(F)c(F)c(F)c(F)c2F)cc1C3=C(C#N)[N+]#[C-]. The fourth-order valence-electron chi connectivity index (χ4n) is 6.53. The average molecular weight is 710 g/mol. The lowest BCUT2D eigenvalue weighted by molar-refractivity contribution is 0.381. The van der Waals surface area contributed by atoms with Gasteiger partial charge in [0.25, 0.3) is 11.4 Å². The topological polar surface area (TPSA) is 56.3 Å². The minimum atomic E-state index is -2.37. The number of rotatable bonds is 2. The van der Waals surface area contributed by atoms with Crippen LogP contribution in [-0.2, 0) is 0 Å². The van der Waals surface area contributed by atoms with E-state index in [0.29, 0.717) is 0 Å². The lowest BCUT2D eigenvalue weighted by atomic mass is 9.95. The molecule has 2 aliphatic carbocycles. The van der Waals surface area contributed by atoms with Gasteiger partial charge in [0, 0.05) is 11.1 Å². The quantitative estimate of drug-likeness (QED) is 0.0590. The zero-order valence-corrected chi connectivity index (χ0v) is 25.2. The fraction of sp³-hybridized carbons (Fsp3) is 0. The van der Waals surface area contributed by atoms with E-state index in [-0.39, 0.29) is 55.7 Å². The summed E-state index contributed by atoms with van der Waals surface area (Å²) < 4.78 is 143. The molecule has 5 aromatic carbocycles. The van der Waals surface area contributed by atoms with Gasteiger partial charge in [-0.05, 0) is 79.9 Å². The number of hydrogen-bond donors (Lipinski definition) is 0. The largest absolute Gasteiger partial charge is 0.270 e. The van der Waals surface area contributed by atoms with Gasteiger partial charge in [0.05, 0.1) is 36.4 Å². The third kappa shape index (κ3) is 4.38. The Morgan fingerprint density at radius 2 is 0.692 bits per heavy atom. The van der Waals surface area contributed by atoms with E-state index < -0.39 is 91.8 Å². The highest BCUT2D eigenvalue weighted by Gasteiger charge is 2.36. The number of halogens is 10. The van der Waals surface area contributed by atoms with Gasteiger partial charge in [0.1, 0.15) is 0 Å². The standard InChI is InChI=1S/C38H8F10N4/c1-51-23(11-49)27-19-7-13(25-29(39)33(43)37(47)34(44)30(25)40)3-5-15(19)17-10-22-18(9-21(17)27)16-6-4-14(8-20(16)28(22)24(12-50)52-2)26-31(41)35(45)38(48)36(46)32(26)42/h3-10H. The lowest BCUT2D eigenvalue weighted by Crippen LogP contribution is -2.04. The first-order valence-electron chi connectivity index (χ1n) is 14.4. The van der Waals surface area contributed by atoms with Gasteiger partial charge in [-0.3, -0.25) is 0 Å². The van der Waals surface area contributed by atoms with Crippen molar-refractivity contribution < 1.29 is 43.9 Å². The Balaban J connectivity index is 1.50. The molecule has 0 heterocycles. The molecular weight excluding hydrogens is 702 g/mol. The zero-order chi connectivity index (χ0) is 37.5. The van der Waals surface area contributed by atoms with Crippen LogP contribution in [0.4, 0.5) is 43.9 Å². The van der Waals surface area contributed by atoms with Gasteiger partial charge >= 0.3 is 0 Å². The van der Waals surface area contributed by atoms with Crippen molar-refractivity contribution >= 4 is 11.1 Å². The Kier molecular flexibility index (Phi) is 7.52. The third-order valence-electron chi connectivity index (χ3n) is 8.76. The maximum Gasteiger partial charge on any atom is 0.270 e. The zero-order valence-electron chi connectivity index (χ0n) is 25.2. The minimum Gasteiger partial charge on any atom is -0.226 e. The van der Waals surface area contributed by atoms with Crippen molar-refractivity contribution in [2.75, 3.05) is 0 Å². The summed E-state index contributed by atoms with van der Waals surface area (Å²) in [7, 11) is 0. The van der Waals surface area contributed by atoms with E-state index in [4.69, 9.17) is 13.1 Å². The first kappa shape index (κ1) is 33.3. The molecule has 0 saturated carbocycles. The van der Waals surface area contributed by atoms with Crippen LogP contribution in [0.3, 0.4) is 0 Å². The molecule has 14 heteroatoms. The molecule has 0 aliphatic heterocycles. The highest BCUT2D eigenvalue weighted by molar-refractivity contribution is 6.11. The number of allylic oxidation sites excluding steroid dienone is 2. The molecule has 0 fully saturated rings. The van der Waals surface area contributed by atoms with Gasteiger partial charge in [0.15, 0.2) is 46.5 Å². The number of nitriles is 2. The van der Waals surface area contributed by atoms with Gasteiger partial charge in [-0.2, -0.15) is 0 Å². The lowest BCUT2D eigenvalue weighted by Gasteiger charge is -2.11. The summed E-state index contributed by atoms with van der Waals surface area (Å²) in [5, 5.41) is 19.8. The summed E-state index contributed by atoms with van der Waals surface area (Å²) in [6.07, 6.45) is 0. The van der Waals surface area contributed by atoms with E-state index in [1.807, 2.05) is 0 Å². The van der Waals surface area contributed by atoms with Crippen molar-refractivity contribution in [3.8, 4) is 56.6 Å². The molecule has 0 amide bonds. The molecule has 4 nitrogen and oxygen atoms in total. The van der Waals surface area contributed by atoms with Gasteiger partial charge in [0.2, 0.25) is 11.6 Å². The number of benzene rings is 5. The Morgan fingerprint density at radius 1 is 0.404 bits per heavy atom. The average Bonchev–Trinajstić information content (AvgIpc) is 3.63. The van der Waals surface area contributed by atoms with Crippen molar-refractivity contribution in [2.45, 2.75) is 0 Å². The molecule has 0 N–H and O–H groups in total. The van der Waals surface area contributed by atoms with E-state index in [1.54, 1.807) is 12.1 Å². The maximum atomic E-state index is 14.8. The summed E-state index contributed by atoms with van der Waals surface area (Å²) in [4.78, 5) is 6.51. The van der Waals surface area contributed by atoms with E-state index in [1.165, 1.54) is 24.3 Å². The summed E-state index contributed by atoms with van der Waals surface area (Å²) in [6.45, 7) is 15.3. The van der Waals surface area contributed by atoms with Gasteiger partial charge in [-0.15, -0.1) is 0 Å². The number of fused-ring (bicyclic) bond motifs is 6. The van der Waals surface area contributed by atoms with Crippen LogP contribution in [-0.4, -0.2) is 0 Å². The highest BCUT2D eigenvalue weighted by atomic mass is 19.2. The Hall–Kier alpha value is -7.16. The van der Waals surface area contributed by atoms with Crippen molar-refractivity contribution in [1.29, 1.82) is 10.5 Å². The second kappa shape index (κ2) is 11.7. The minimum absolute atomic E-state index is 0.00855. The second-order valence-electron chi connectivity index (χ2n) is 11.2. The second-order valence-corrected chi connectivity index (χ2v) is 11.2. The smallest absolute Gasteiger partial charge is 0.226 e. The molecule has 250 valence electrons. The highest BCUT2D eigenvalue weighted by Crippen LogP contribution is 2.55. The molecule has 7 rings (SSSR count). The first-order chi connectivity index (χ1) is 24.8. The molecule has 0 spiro atoms. The molecule has 0 aromatic heterocycles. The van der Waals surface area contributed by atoms with Crippen LogP contribution in [0.25, 0.3) is 65.3 Å².